The monoisotopic (exact) mass is 500 g/mol. The van der Waals surface area contributed by atoms with Crippen molar-refractivity contribution >= 4 is 5.69 Å². The molecule has 2 aromatic carbocycles. The zero-order valence-electron chi connectivity index (χ0n) is 18.2. The number of aliphatic hydroxyl groups is 1. The third kappa shape index (κ3) is 4.58. The van der Waals surface area contributed by atoms with Crippen LogP contribution in [0.25, 0.3) is 0 Å². The summed E-state index contributed by atoms with van der Waals surface area (Å²) in [4.78, 5) is 21.2. The van der Waals surface area contributed by atoms with Gasteiger partial charge in [-0.1, -0.05) is 0 Å². The number of benzene rings is 2. The summed E-state index contributed by atoms with van der Waals surface area (Å²) in [7, 11) is 0. The molecule has 4 rings (SSSR count). The molecule has 0 bridgehead atoms. The van der Waals surface area contributed by atoms with Crippen molar-refractivity contribution in [1.29, 1.82) is 0 Å². The van der Waals surface area contributed by atoms with Crippen LogP contribution < -0.4 is 4.74 Å². The first-order chi connectivity index (χ1) is 17.1. The van der Waals surface area contributed by atoms with Crippen LogP contribution >= 0.6 is 0 Å². The summed E-state index contributed by atoms with van der Waals surface area (Å²) in [5.41, 5.74) is -5.22. The quantitative estimate of drug-likeness (QED) is 0.213. The van der Waals surface area contributed by atoms with Gasteiger partial charge in [0.1, 0.15) is 36.0 Å². The van der Waals surface area contributed by atoms with Crippen molar-refractivity contribution in [3.63, 3.8) is 0 Å². The van der Waals surface area contributed by atoms with Crippen molar-refractivity contribution in [2.45, 2.75) is 18.1 Å². The van der Waals surface area contributed by atoms with Crippen molar-refractivity contribution in [3.05, 3.63) is 124 Å². The predicted octanol–water partition coefficient (Wildman–Crippen LogP) is 4.66. The fraction of sp³-hybridized carbons (Fsp3) is 0.125. The molecule has 0 aliphatic rings. The number of non-ortho nitro benzene ring substituents is 1. The van der Waals surface area contributed by atoms with Crippen molar-refractivity contribution < 1.29 is 32.3 Å². The number of hydrogen-bond acceptors (Lipinski definition) is 7. The normalized spacial score (nSPS) is 13.1. The summed E-state index contributed by atoms with van der Waals surface area (Å²) in [5.74, 6) is -6.55. The van der Waals surface area contributed by atoms with E-state index in [1.54, 1.807) is 0 Å². The number of nitrogens with zero attached hydrogens (tertiary/aromatic N) is 4. The van der Waals surface area contributed by atoms with Gasteiger partial charge in [-0.3, -0.25) is 15.1 Å². The van der Waals surface area contributed by atoms with Crippen LogP contribution in [0.3, 0.4) is 0 Å². The summed E-state index contributed by atoms with van der Waals surface area (Å²) in [6, 6.07) is 9.45. The minimum Gasteiger partial charge on any atom is -0.487 e. The Morgan fingerprint density at radius 3 is 2.25 bits per heavy atom. The molecule has 1 unspecified atom stereocenters. The Bertz CT molecular complexity index is 1370. The minimum atomic E-state index is -4.23. The number of ether oxygens (including phenoxy) is 1. The molecule has 0 amide bonds. The topological polar surface area (TPSA) is 111 Å². The van der Waals surface area contributed by atoms with E-state index >= 15 is 8.78 Å². The van der Waals surface area contributed by atoms with Gasteiger partial charge in [0, 0.05) is 41.7 Å². The van der Waals surface area contributed by atoms with Crippen LogP contribution in [0.1, 0.15) is 22.4 Å². The summed E-state index contributed by atoms with van der Waals surface area (Å²) in [6.45, 7) is -0.0263. The zero-order valence-corrected chi connectivity index (χ0v) is 18.2. The van der Waals surface area contributed by atoms with Crippen molar-refractivity contribution in [2.75, 3.05) is 0 Å². The SMILES string of the molecule is O=[N+]([O-])c1ccc(COc2ccc(C(F)(F)C(O)(c3cncnc3)c3ccc(F)cc3F)nc2)cc1. The average Bonchev–Trinajstić information content (AvgIpc) is 2.88. The van der Waals surface area contributed by atoms with Gasteiger partial charge in [0.25, 0.3) is 5.69 Å². The van der Waals surface area contributed by atoms with E-state index in [-0.39, 0.29) is 18.0 Å². The molecule has 4 aromatic rings. The van der Waals surface area contributed by atoms with E-state index in [2.05, 4.69) is 15.0 Å². The fourth-order valence-corrected chi connectivity index (χ4v) is 3.49. The number of rotatable bonds is 8. The molecule has 36 heavy (non-hydrogen) atoms. The molecule has 184 valence electrons. The van der Waals surface area contributed by atoms with Crippen LogP contribution in [0.4, 0.5) is 23.2 Å². The third-order valence-electron chi connectivity index (χ3n) is 5.36. The van der Waals surface area contributed by atoms with Gasteiger partial charge in [-0.2, -0.15) is 8.78 Å². The maximum Gasteiger partial charge on any atom is 0.326 e. The average molecular weight is 500 g/mol. The third-order valence-corrected chi connectivity index (χ3v) is 5.36. The van der Waals surface area contributed by atoms with Crippen molar-refractivity contribution in [3.8, 4) is 5.75 Å². The van der Waals surface area contributed by atoms with E-state index in [0.29, 0.717) is 17.7 Å². The van der Waals surface area contributed by atoms with Gasteiger partial charge in [-0.05, 0) is 42.0 Å². The van der Waals surface area contributed by atoms with Gasteiger partial charge in [0.15, 0.2) is 5.60 Å². The number of nitro groups is 1. The summed E-state index contributed by atoms with van der Waals surface area (Å²) < 4.78 is 65.2. The lowest BCUT2D eigenvalue weighted by Crippen LogP contribution is -2.45. The number of aromatic nitrogens is 3. The van der Waals surface area contributed by atoms with Gasteiger partial charge in [-0.25, -0.2) is 18.7 Å². The lowest BCUT2D eigenvalue weighted by Gasteiger charge is -2.36. The summed E-state index contributed by atoms with van der Waals surface area (Å²) >= 11 is 0. The molecule has 1 N–H and O–H groups in total. The molecule has 12 heteroatoms. The number of hydrogen-bond donors (Lipinski definition) is 1. The molecule has 0 saturated heterocycles. The largest absolute Gasteiger partial charge is 0.487 e. The molecule has 0 aliphatic heterocycles. The first kappa shape index (κ1) is 24.7. The van der Waals surface area contributed by atoms with Gasteiger partial charge in [-0.15, -0.1) is 0 Å². The second kappa shape index (κ2) is 9.66. The van der Waals surface area contributed by atoms with Gasteiger partial charge >= 0.3 is 5.92 Å². The highest BCUT2D eigenvalue weighted by Gasteiger charge is 2.59. The van der Waals surface area contributed by atoms with Crippen LogP contribution in [-0.4, -0.2) is 25.0 Å². The molecule has 2 aromatic heterocycles. The smallest absolute Gasteiger partial charge is 0.326 e. The van der Waals surface area contributed by atoms with E-state index in [1.807, 2.05) is 0 Å². The Balaban J connectivity index is 1.64. The van der Waals surface area contributed by atoms with E-state index in [1.165, 1.54) is 30.3 Å². The Labute approximate surface area is 201 Å². The number of pyridine rings is 1. The lowest BCUT2D eigenvalue weighted by molar-refractivity contribution is -0.384. The lowest BCUT2D eigenvalue weighted by atomic mass is 9.80. The second-order valence-corrected chi connectivity index (χ2v) is 7.63. The molecule has 0 radical (unpaired) electrons. The molecule has 0 spiro atoms. The van der Waals surface area contributed by atoms with Gasteiger partial charge in [0.2, 0.25) is 0 Å². The molecule has 2 heterocycles. The Kier molecular flexibility index (Phi) is 6.62. The predicted molar refractivity (Wildman–Crippen MR) is 117 cm³/mol. The molecular weight excluding hydrogens is 484 g/mol. The number of halogens is 4. The summed E-state index contributed by atoms with van der Waals surface area (Å²) in [6.07, 6.45) is 3.81. The van der Waals surface area contributed by atoms with Gasteiger partial charge in [0.05, 0.1) is 11.1 Å². The van der Waals surface area contributed by atoms with E-state index in [4.69, 9.17) is 4.74 Å². The maximum atomic E-state index is 15.8. The first-order valence-electron chi connectivity index (χ1n) is 10.3. The molecule has 0 fully saturated rings. The van der Waals surface area contributed by atoms with E-state index in [9.17, 15) is 24.0 Å². The van der Waals surface area contributed by atoms with Crippen molar-refractivity contribution in [1.82, 2.24) is 15.0 Å². The van der Waals surface area contributed by atoms with Crippen LogP contribution in [-0.2, 0) is 18.1 Å². The molecule has 0 saturated carbocycles. The highest BCUT2D eigenvalue weighted by atomic mass is 19.3. The van der Waals surface area contributed by atoms with Crippen LogP contribution in [0, 0.1) is 21.7 Å². The molecule has 8 nitrogen and oxygen atoms in total. The van der Waals surface area contributed by atoms with Crippen LogP contribution in [0.15, 0.2) is 79.5 Å². The minimum absolute atomic E-state index is 0.0263. The molecular formula is C24H16F4N4O4. The van der Waals surface area contributed by atoms with Crippen LogP contribution in [0.5, 0.6) is 5.75 Å². The maximum absolute atomic E-state index is 15.8. The number of alkyl halides is 2. The number of nitro benzene ring substituents is 1. The highest BCUT2D eigenvalue weighted by molar-refractivity contribution is 5.41. The first-order valence-corrected chi connectivity index (χ1v) is 10.3. The summed E-state index contributed by atoms with van der Waals surface area (Å²) in [5, 5.41) is 22.0. The van der Waals surface area contributed by atoms with E-state index in [0.717, 1.165) is 37.1 Å². The van der Waals surface area contributed by atoms with Crippen molar-refractivity contribution in [2.24, 2.45) is 0 Å². The zero-order chi connectivity index (χ0) is 25.9. The Morgan fingerprint density at radius 1 is 0.972 bits per heavy atom. The van der Waals surface area contributed by atoms with E-state index < -0.39 is 44.9 Å². The molecule has 1 atom stereocenters. The highest BCUT2D eigenvalue weighted by Crippen LogP contribution is 2.49. The fourth-order valence-electron chi connectivity index (χ4n) is 3.49. The Hall–Kier alpha value is -4.45. The van der Waals surface area contributed by atoms with Gasteiger partial charge < -0.3 is 9.84 Å². The Morgan fingerprint density at radius 2 is 1.67 bits per heavy atom. The second-order valence-electron chi connectivity index (χ2n) is 7.63. The van der Waals surface area contributed by atoms with Crippen LogP contribution in [0.2, 0.25) is 0 Å². The standard InChI is InChI=1S/C24H16F4N4O4/c25-17-3-7-20(21(26)9-17)23(33,16-10-29-14-30-11-16)24(27,28)22-8-6-19(12-31-22)36-13-15-1-4-18(5-2-15)32(34)35/h1-12,14,33H,13H2. The molecule has 0 aliphatic carbocycles.